The largest absolute Gasteiger partial charge is 0.359 e. The fraction of sp³-hybridized carbons (Fsp3) is 0.700. The molecule has 0 spiro atoms. The van der Waals surface area contributed by atoms with Gasteiger partial charge in [-0.05, 0) is 26.7 Å². The molecule has 2 saturated heterocycles. The first kappa shape index (κ1) is 22.5. The van der Waals surface area contributed by atoms with Crippen LogP contribution < -0.4 is 10.6 Å². The third kappa shape index (κ3) is 6.40. The first-order valence-electron chi connectivity index (χ1n) is 10.7. The van der Waals surface area contributed by atoms with Crippen molar-refractivity contribution < 1.29 is 14.4 Å². The van der Waals surface area contributed by atoms with Gasteiger partial charge in [-0.25, -0.2) is 4.98 Å². The molecule has 0 bridgehead atoms. The summed E-state index contributed by atoms with van der Waals surface area (Å²) < 4.78 is 0. The number of nitrogens with one attached hydrogen (secondary N) is 2. The molecule has 166 valence electrons. The van der Waals surface area contributed by atoms with Crippen LogP contribution in [0, 0.1) is 0 Å². The number of aromatic nitrogens is 1. The Kier molecular flexibility index (Phi) is 8.03. The van der Waals surface area contributed by atoms with Crippen LogP contribution in [0.4, 0.5) is 5.13 Å². The number of anilines is 1. The van der Waals surface area contributed by atoms with Gasteiger partial charge in [0.05, 0.1) is 6.54 Å². The second-order valence-corrected chi connectivity index (χ2v) is 8.95. The van der Waals surface area contributed by atoms with E-state index in [1.807, 2.05) is 18.7 Å². The van der Waals surface area contributed by atoms with Crippen LogP contribution in [0.15, 0.2) is 5.38 Å². The lowest BCUT2D eigenvalue weighted by molar-refractivity contribution is -0.127. The molecule has 0 atom stereocenters. The number of carbonyl (C=O) groups is 3. The van der Waals surface area contributed by atoms with Gasteiger partial charge in [-0.2, -0.15) is 0 Å². The molecule has 0 radical (unpaired) electrons. The Balaban J connectivity index is 1.32. The maximum Gasteiger partial charge on any atom is 0.273 e. The highest BCUT2D eigenvalue weighted by atomic mass is 32.1. The van der Waals surface area contributed by atoms with Gasteiger partial charge in [-0.3, -0.25) is 19.3 Å². The predicted octanol–water partition coefficient (Wildman–Crippen LogP) is 0.850. The Hall–Kier alpha value is -2.20. The van der Waals surface area contributed by atoms with Crippen molar-refractivity contribution in [3.8, 4) is 0 Å². The number of hydrogen-bond acceptors (Lipinski definition) is 7. The summed E-state index contributed by atoms with van der Waals surface area (Å²) >= 11 is 1.44. The molecule has 0 saturated carbocycles. The van der Waals surface area contributed by atoms with Crippen molar-refractivity contribution in [3.05, 3.63) is 11.1 Å². The summed E-state index contributed by atoms with van der Waals surface area (Å²) in [6.45, 7) is 9.06. The quantitative estimate of drug-likeness (QED) is 0.557. The molecular formula is C20H32N6O3S. The van der Waals surface area contributed by atoms with Crippen LogP contribution in [0.25, 0.3) is 0 Å². The number of thiazole rings is 1. The number of hydrogen-bond donors (Lipinski definition) is 2. The van der Waals surface area contributed by atoms with Gasteiger partial charge in [0, 0.05) is 63.7 Å². The highest BCUT2D eigenvalue weighted by Crippen LogP contribution is 2.18. The summed E-state index contributed by atoms with van der Waals surface area (Å²) in [7, 11) is 0. The summed E-state index contributed by atoms with van der Waals surface area (Å²) in [5, 5.41) is 8.70. The standard InChI is InChI=1S/C20H32N6O3S/c1-15(2)22-20-23-16(14-30-20)19(29)26-11-9-24(10-12-26)13-17(27)21-6-4-8-25-7-3-5-18(25)28/h14-15H,3-13H2,1-2H3,(H,21,27)(H,22,23). The molecular weight excluding hydrogens is 404 g/mol. The second kappa shape index (κ2) is 10.7. The normalized spacial score (nSPS) is 17.6. The van der Waals surface area contributed by atoms with Crippen molar-refractivity contribution in [3.63, 3.8) is 0 Å². The molecule has 9 nitrogen and oxygen atoms in total. The molecule has 1 aromatic heterocycles. The summed E-state index contributed by atoms with van der Waals surface area (Å²) in [6, 6.07) is 0.275. The van der Waals surface area contributed by atoms with E-state index in [-0.39, 0.29) is 23.8 Å². The molecule has 3 rings (SSSR count). The van der Waals surface area contributed by atoms with Crippen molar-refractivity contribution in [1.82, 2.24) is 25.0 Å². The molecule has 0 unspecified atom stereocenters. The number of rotatable bonds is 9. The Morgan fingerprint density at radius 1 is 1.20 bits per heavy atom. The lowest BCUT2D eigenvalue weighted by Gasteiger charge is -2.34. The van der Waals surface area contributed by atoms with E-state index in [0.29, 0.717) is 57.9 Å². The molecule has 10 heteroatoms. The van der Waals surface area contributed by atoms with Gasteiger partial charge in [-0.15, -0.1) is 11.3 Å². The zero-order valence-electron chi connectivity index (χ0n) is 17.9. The van der Waals surface area contributed by atoms with E-state index in [0.717, 1.165) is 24.5 Å². The molecule has 2 N–H and O–H groups in total. The molecule has 2 aliphatic heterocycles. The van der Waals surface area contributed by atoms with E-state index in [1.54, 1.807) is 10.3 Å². The SMILES string of the molecule is CC(C)Nc1nc(C(=O)N2CCN(CC(=O)NCCCN3CCCC3=O)CC2)cs1. The average Bonchev–Trinajstić information content (AvgIpc) is 3.34. The van der Waals surface area contributed by atoms with Gasteiger partial charge in [0.1, 0.15) is 5.69 Å². The maximum atomic E-state index is 12.7. The van der Waals surface area contributed by atoms with Gasteiger partial charge < -0.3 is 20.4 Å². The summed E-state index contributed by atoms with van der Waals surface area (Å²) in [6.07, 6.45) is 2.37. The highest BCUT2D eigenvalue weighted by molar-refractivity contribution is 7.13. The molecule has 2 aliphatic rings. The molecule has 3 heterocycles. The lowest BCUT2D eigenvalue weighted by Crippen LogP contribution is -2.51. The Morgan fingerprint density at radius 2 is 1.97 bits per heavy atom. The van der Waals surface area contributed by atoms with Gasteiger partial charge in [0.25, 0.3) is 5.91 Å². The molecule has 1 aromatic rings. The van der Waals surface area contributed by atoms with Crippen LogP contribution in [-0.4, -0.2) is 95.8 Å². The van der Waals surface area contributed by atoms with Crippen LogP contribution in [0.3, 0.4) is 0 Å². The lowest BCUT2D eigenvalue weighted by atomic mass is 10.3. The smallest absolute Gasteiger partial charge is 0.273 e. The van der Waals surface area contributed by atoms with Crippen molar-refractivity contribution in [1.29, 1.82) is 0 Å². The third-order valence-electron chi connectivity index (χ3n) is 5.26. The zero-order chi connectivity index (χ0) is 21.5. The van der Waals surface area contributed by atoms with E-state index >= 15 is 0 Å². The van der Waals surface area contributed by atoms with E-state index in [4.69, 9.17) is 0 Å². The van der Waals surface area contributed by atoms with E-state index in [9.17, 15) is 14.4 Å². The maximum absolute atomic E-state index is 12.7. The highest BCUT2D eigenvalue weighted by Gasteiger charge is 2.25. The second-order valence-electron chi connectivity index (χ2n) is 8.09. The minimum absolute atomic E-state index is 0.00794. The Morgan fingerprint density at radius 3 is 2.63 bits per heavy atom. The summed E-state index contributed by atoms with van der Waals surface area (Å²) in [4.78, 5) is 46.5. The van der Waals surface area contributed by atoms with Crippen molar-refractivity contribution in [2.24, 2.45) is 0 Å². The summed E-state index contributed by atoms with van der Waals surface area (Å²) in [5.74, 6) is 0.161. The average molecular weight is 437 g/mol. The minimum atomic E-state index is -0.0522. The van der Waals surface area contributed by atoms with Crippen LogP contribution in [0.1, 0.15) is 43.6 Å². The fourth-order valence-electron chi connectivity index (χ4n) is 3.65. The molecule has 2 fully saturated rings. The van der Waals surface area contributed by atoms with Crippen molar-refractivity contribution in [2.45, 2.75) is 39.2 Å². The molecule has 0 aromatic carbocycles. The first-order chi connectivity index (χ1) is 14.4. The van der Waals surface area contributed by atoms with Crippen LogP contribution in [0.5, 0.6) is 0 Å². The number of amides is 3. The monoisotopic (exact) mass is 436 g/mol. The zero-order valence-corrected chi connectivity index (χ0v) is 18.7. The van der Waals surface area contributed by atoms with Crippen LogP contribution >= 0.6 is 11.3 Å². The number of nitrogens with zero attached hydrogens (tertiary/aromatic N) is 4. The van der Waals surface area contributed by atoms with Crippen molar-refractivity contribution >= 4 is 34.2 Å². The Bertz CT molecular complexity index is 745. The third-order valence-corrected chi connectivity index (χ3v) is 6.03. The Labute approximate surface area is 181 Å². The predicted molar refractivity (Wildman–Crippen MR) is 117 cm³/mol. The number of likely N-dealkylation sites (tertiary alicyclic amines) is 1. The van der Waals surface area contributed by atoms with Gasteiger partial charge in [-0.1, -0.05) is 0 Å². The first-order valence-corrected chi connectivity index (χ1v) is 11.6. The molecule has 3 amide bonds. The number of carbonyl (C=O) groups excluding carboxylic acids is 3. The topological polar surface area (TPSA) is 97.9 Å². The van der Waals surface area contributed by atoms with E-state index in [1.165, 1.54) is 11.3 Å². The molecule has 0 aliphatic carbocycles. The van der Waals surface area contributed by atoms with E-state index in [2.05, 4.69) is 20.5 Å². The van der Waals surface area contributed by atoms with Gasteiger partial charge >= 0.3 is 0 Å². The summed E-state index contributed by atoms with van der Waals surface area (Å²) in [5.41, 5.74) is 0.478. The van der Waals surface area contributed by atoms with E-state index < -0.39 is 0 Å². The number of piperazine rings is 1. The fourth-order valence-corrected chi connectivity index (χ4v) is 4.49. The van der Waals surface area contributed by atoms with Gasteiger partial charge in [0.2, 0.25) is 11.8 Å². The van der Waals surface area contributed by atoms with Crippen molar-refractivity contribution in [2.75, 3.05) is 57.7 Å². The minimum Gasteiger partial charge on any atom is -0.359 e. The molecule has 30 heavy (non-hydrogen) atoms. The van der Waals surface area contributed by atoms with Crippen LogP contribution in [-0.2, 0) is 9.59 Å². The van der Waals surface area contributed by atoms with Crippen LogP contribution in [0.2, 0.25) is 0 Å². The van der Waals surface area contributed by atoms with Gasteiger partial charge in [0.15, 0.2) is 5.13 Å².